The Kier molecular flexibility index (Phi) is 6.79. The molecule has 1 saturated heterocycles. The van der Waals surface area contributed by atoms with Crippen LogP contribution in [-0.2, 0) is 4.74 Å². The summed E-state index contributed by atoms with van der Waals surface area (Å²) >= 11 is 0. The molecule has 0 bridgehead atoms. The molecule has 2 rings (SSSR count). The smallest absolute Gasteiger partial charge is 0.0702 e. The highest BCUT2D eigenvalue weighted by molar-refractivity contribution is 4.87. The van der Waals surface area contributed by atoms with Crippen molar-refractivity contribution in [3.05, 3.63) is 0 Å². The first-order chi connectivity index (χ1) is 9.74. The highest BCUT2D eigenvalue weighted by atomic mass is 16.5. The molecule has 0 aromatic rings. The molecule has 0 radical (unpaired) electrons. The van der Waals surface area contributed by atoms with Gasteiger partial charge in [-0.15, -0.1) is 0 Å². The summed E-state index contributed by atoms with van der Waals surface area (Å²) in [6.07, 6.45) is 11.0. The molecule has 3 nitrogen and oxygen atoms in total. The second-order valence-electron chi connectivity index (χ2n) is 6.96. The second-order valence-corrected chi connectivity index (χ2v) is 6.96. The van der Waals surface area contributed by atoms with Crippen molar-refractivity contribution in [2.75, 3.05) is 26.7 Å². The Morgan fingerprint density at radius 2 is 2.05 bits per heavy atom. The first-order valence-corrected chi connectivity index (χ1v) is 8.76. The van der Waals surface area contributed by atoms with E-state index in [1.807, 2.05) is 0 Å². The molecule has 1 saturated carbocycles. The minimum Gasteiger partial charge on any atom is -0.377 e. The lowest BCUT2D eigenvalue weighted by Crippen LogP contribution is -2.48. The summed E-state index contributed by atoms with van der Waals surface area (Å²) in [6, 6.07) is 0.677. The Morgan fingerprint density at radius 3 is 2.70 bits per heavy atom. The Hall–Kier alpha value is -0.120. The molecule has 20 heavy (non-hydrogen) atoms. The number of hydrogen-bond donors (Lipinski definition) is 1. The van der Waals surface area contributed by atoms with Gasteiger partial charge in [0.2, 0.25) is 0 Å². The van der Waals surface area contributed by atoms with Gasteiger partial charge in [0.15, 0.2) is 0 Å². The van der Waals surface area contributed by atoms with E-state index in [9.17, 15) is 0 Å². The monoisotopic (exact) mass is 282 g/mol. The first kappa shape index (κ1) is 16.3. The van der Waals surface area contributed by atoms with Crippen molar-refractivity contribution in [3.63, 3.8) is 0 Å². The van der Waals surface area contributed by atoms with Crippen molar-refractivity contribution in [1.82, 2.24) is 4.90 Å². The van der Waals surface area contributed by atoms with Gasteiger partial charge in [0, 0.05) is 19.2 Å². The fourth-order valence-electron chi connectivity index (χ4n) is 4.19. The van der Waals surface area contributed by atoms with Gasteiger partial charge in [-0.05, 0) is 57.5 Å². The number of likely N-dealkylation sites (N-methyl/N-ethyl adjacent to an activating group) is 1. The molecule has 1 aliphatic carbocycles. The highest BCUT2D eigenvalue weighted by Crippen LogP contribution is 2.34. The Bertz CT molecular complexity index is 266. The predicted molar refractivity (Wildman–Crippen MR) is 84.8 cm³/mol. The van der Waals surface area contributed by atoms with E-state index in [1.165, 1.54) is 51.4 Å². The largest absolute Gasteiger partial charge is 0.377 e. The van der Waals surface area contributed by atoms with Crippen LogP contribution in [0.5, 0.6) is 0 Å². The summed E-state index contributed by atoms with van der Waals surface area (Å²) < 4.78 is 5.91. The Labute approximate surface area is 125 Å². The van der Waals surface area contributed by atoms with Crippen molar-refractivity contribution in [2.45, 2.75) is 70.4 Å². The summed E-state index contributed by atoms with van der Waals surface area (Å²) in [7, 11) is 2.29. The van der Waals surface area contributed by atoms with Crippen molar-refractivity contribution in [2.24, 2.45) is 17.6 Å². The topological polar surface area (TPSA) is 38.5 Å². The van der Waals surface area contributed by atoms with E-state index in [0.717, 1.165) is 25.6 Å². The third kappa shape index (κ3) is 4.44. The molecule has 0 aromatic heterocycles. The molecule has 118 valence electrons. The minimum absolute atomic E-state index is 0.457. The summed E-state index contributed by atoms with van der Waals surface area (Å²) in [5, 5.41) is 0. The molecule has 3 heteroatoms. The van der Waals surface area contributed by atoms with Gasteiger partial charge in [0.1, 0.15) is 0 Å². The van der Waals surface area contributed by atoms with Crippen molar-refractivity contribution in [1.29, 1.82) is 0 Å². The van der Waals surface area contributed by atoms with E-state index in [2.05, 4.69) is 18.9 Å². The highest BCUT2D eigenvalue weighted by Gasteiger charge is 2.32. The van der Waals surface area contributed by atoms with Crippen LogP contribution in [0.25, 0.3) is 0 Å². The third-order valence-electron chi connectivity index (χ3n) is 5.40. The molecule has 0 aromatic carbocycles. The van der Waals surface area contributed by atoms with E-state index in [-0.39, 0.29) is 0 Å². The molecule has 0 spiro atoms. The normalized spacial score (nSPS) is 35.4. The van der Waals surface area contributed by atoms with Crippen LogP contribution in [0.15, 0.2) is 0 Å². The fourth-order valence-corrected chi connectivity index (χ4v) is 4.19. The number of rotatable bonds is 6. The van der Waals surface area contributed by atoms with Crippen LogP contribution in [-0.4, -0.2) is 43.8 Å². The lowest BCUT2D eigenvalue weighted by Gasteiger charge is -2.42. The zero-order chi connectivity index (χ0) is 14.4. The van der Waals surface area contributed by atoms with Crippen molar-refractivity contribution < 1.29 is 4.74 Å². The lowest BCUT2D eigenvalue weighted by molar-refractivity contribution is -0.0198. The molecule has 4 atom stereocenters. The summed E-state index contributed by atoms with van der Waals surface area (Å²) in [6.45, 7) is 5.21. The Balaban J connectivity index is 1.87. The quantitative estimate of drug-likeness (QED) is 0.814. The van der Waals surface area contributed by atoms with E-state index in [1.54, 1.807) is 0 Å². The summed E-state index contributed by atoms with van der Waals surface area (Å²) in [5.41, 5.74) is 6.03. The minimum atomic E-state index is 0.457. The van der Waals surface area contributed by atoms with E-state index in [4.69, 9.17) is 10.5 Å². The fraction of sp³-hybridized carbons (Fsp3) is 1.00. The van der Waals surface area contributed by atoms with Gasteiger partial charge in [-0.3, -0.25) is 0 Å². The van der Waals surface area contributed by atoms with Crippen LogP contribution < -0.4 is 5.73 Å². The van der Waals surface area contributed by atoms with Gasteiger partial charge < -0.3 is 15.4 Å². The molecule has 0 amide bonds. The van der Waals surface area contributed by atoms with Crippen LogP contribution in [0.1, 0.15) is 58.3 Å². The molecular formula is C17H34N2O. The first-order valence-electron chi connectivity index (χ1n) is 8.76. The van der Waals surface area contributed by atoms with E-state index < -0.39 is 0 Å². The molecule has 4 unspecified atom stereocenters. The standard InChI is InChI=1S/C17H34N2O/c1-3-6-14-8-9-15(12-18)17(11-14)19(2)13-16-7-4-5-10-20-16/h14-17H,3-13,18H2,1-2H3. The predicted octanol–water partition coefficient (Wildman–Crippen LogP) is 3.03. The average Bonchev–Trinajstić information content (AvgIpc) is 2.48. The van der Waals surface area contributed by atoms with Gasteiger partial charge in [0.25, 0.3) is 0 Å². The van der Waals surface area contributed by atoms with Gasteiger partial charge in [-0.1, -0.05) is 26.2 Å². The molecule has 1 heterocycles. The third-order valence-corrected chi connectivity index (χ3v) is 5.40. The van der Waals surface area contributed by atoms with Gasteiger partial charge in [-0.2, -0.15) is 0 Å². The molecule has 2 N–H and O–H groups in total. The SMILES string of the molecule is CCCC1CCC(CN)C(N(C)CC2CCCCO2)C1. The van der Waals surface area contributed by atoms with Crippen LogP contribution in [0.2, 0.25) is 0 Å². The maximum absolute atomic E-state index is 6.03. The lowest BCUT2D eigenvalue weighted by atomic mass is 9.76. The molecule has 2 fully saturated rings. The van der Waals surface area contributed by atoms with Crippen LogP contribution in [0.4, 0.5) is 0 Å². The van der Waals surface area contributed by atoms with E-state index >= 15 is 0 Å². The van der Waals surface area contributed by atoms with Crippen LogP contribution >= 0.6 is 0 Å². The van der Waals surface area contributed by atoms with Crippen molar-refractivity contribution in [3.8, 4) is 0 Å². The maximum atomic E-state index is 6.03. The number of ether oxygens (including phenoxy) is 1. The molecular weight excluding hydrogens is 248 g/mol. The zero-order valence-electron chi connectivity index (χ0n) is 13.5. The van der Waals surface area contributed by atoms with Crippen molar-refractivity contribution >= 4 is 0 Å². The number of nitrogens with zero attached hydrogens (tertiary/aromatic N) is 1. The second kappa shape index (κ2) is 8.35. The van der Waals surface area contributed by atoms with E-state index in [0.29, 0.717) is 18.1 Å². The molecule has 1 aliphatic heterocycles. The Morgan fingerprint density at radius 1 is 1.20 bits per heavy atom. The number of nitrogens with two attached hydrogens (primary N) is 1. The summed E-state index contributed by atoms with van der Waals surface area (Å²) in [4.78, 5) is 2.56. The van der Waals surface area contributed by atoms with Gasteiger partial charge >= 0.3 is 0 Å². The maximum Gasteiger partial charge on any atom is 0.0702 e. The molecule has 2 aliphatic rings. The van der Waals surface area contributed by atoms with Crippen LogP contribution in [0.3, 0.4) is 0 Å². The van der Waals surface area contributed by atoms with Crippen LogP contribution in [0, 0.1) is 11.8 Å². The van der Waals surface area contributed by atoms with Gasteiger partial charge in [0.05, 0.1) is 6.10 Å². The zero-order valence-corrected chi connectivity index (χ0v) is 13.5. The summed E-state index contributed by atoms with van der Waals surface area (Å²) in [5.74, 6) is 1.61. The average molecular weight is 282 g/mol. The number of hydrogen-bond acceptors (Lipinski definition) is 3. The van der Waals surface area contributed by atoms with Gasteiger partial charge in [-0.25, -0.2) is 0 Å².